The molecule has 230 valence electrons. The van der Waals surface area contributed by atoms with E-state index >= 15 is 4.39 Å². The minimum Gasteiger partial charge on any atom is -0.508 e. The minimum absolute atomic E-state index is 0.00337. The maximum absolute atomic E-state index is 16.9. The molecule has 5 heterocycles. The normalized spacial score (nSPS) is 26.2. The van der Waals surface area contributed by atoms with Gasteiger partial charge in [-0.25, -0.2) is 13.2 Å². The summed E-state index contributed by atoms with van der Waals surface area (Å²) in [4.78, 5) is 13.2. The number of ether oxygens (including phenoxy) is 1. The van der Waals surface area contributed by atoms with Crippen LogP contribution in [0.5, 0.6) is 11.8 Å². The van der Waals surface area contributed by atoms with Crippen molar-refractivity contribution in [2.45, 2.75) is 55.6 Å². The second-order valence-corrected chi connectivity index (χ2v) is 13.5. The quantitative estimate of drug-likeness (QED) is 0.248. The predicted molar refractivity (Wildman–Crippen MR) is 165 cm³/mol. The van der Waals surface area contributed by atoms with Gasteiger partial charge in [-0.15, -0.1) is 0 Å². The first-order chi connectivity index (χ1) is 21.1. The van der Waals surface area contributed by atoms with E-state index in [4.69, 9.17) is 32.9 Å². The van der Waals surface area contributed by atoms with Crippen molar-refractivity contribution in [3.63, 3.8) is 0 Å². The number of phenols is 1. The number of nitrogens with zero attached hydrogens (tertiary/aromatic N) is 4. The molecular formula is C32H30Cl2F3N5O2. The van der Waals surface area contributed by atoms with Crippen LogP contribution in [-0.2, 0) is 0 Å². The standard InChI is InChI=1S/C32H30Cl2F3N5O2/c33-23-4-1-3-17-9-20(43)10-21(25(17)23)26-24(34)11-22-28(27(26)35)39-30(40-29(22)41-12-18-5-6-19(13-41)38-18)44-16-31-7-2-8-42(31)15-32(36,37)14-31/h1,3-4,9-11,18-19,38,43H,2,5-8,12-16H2. The number of halogens is 5. The van der Waals surface area contributed by atoms with Gasteiger partial charge in [-0.3, -0.25) is 4.90 Å². The Labute approximate surface area is 261 Å². The fourth-order valence-electron chi connectivity index (χ4n) is 7.92. The number of piperazine rings is 1. The average molecular weight is 645 g/mol. The summed E-state index contributed by atoms with van der Waals surface area (Å²) in [5.74, 6) is -3.07. The van der Waals surface area contributed by atoms with Crippen molar-refractivity contribution in [1.82, 2.24) is 20.2 Å². The Morgan fingerprint density at radius 2 is 1.86 bits per heavy atom. The number of aromatic nitrogens is 2. The predicted octanol–water partition coefficient (Wildman–Crippen LogP) is 6.79. The second-order valence-electron chi connectivity index (χ2n) is 12.7. The first-order valence-electron chi connectivity index (χ1n) is 15.0. The second kappa shape index (κ2) is 10.2. The number of hydrogen-bond acceptors (Lipinski definition) is 7. The molecule has 12 heteroatoms. The van der Waals surface area contributed by atoms with Gasteiger partial charge in [0.2, 0.25) is 0 Å². The number of rotatable bonds is 5. The fraction of sp³-hybridized carbons (Fsp3) is 0.438. The summed E-state index contributed by atoms with van der Waals surface area (Å²) in [6.45, 7) is 1.61. The maximum atomic E-state index is 16.9. The first kappa shape index (κ1) is 28.4. The van der Waals surface area contributed by atoms with Crippen LogP contribution in [0.1, 0.15) is 32.1 Å². The van der Waals surface area contributed by atoms with Gasteiger partial charge in [0.1, 0.15) is 23.7 Å². The average Bonchev–Trinajstić information content (AvgIpc) is 3.59. The molecule has 3 unspecified atom stereocenters. The third kappa shape index (κ3) is 4.64. The molecule has 1 aromatic heterocycles. The van der Waals surface area contributed by atoms with E-state index in [1.54, 1.807) is 35.2 Å². The molecule has 3 aromatic carbocycles. The molecule has 0 amide bonds. The van der Waals surface area contributed by atoms with E-state index in [1.165, 1.54) is 6.07 Å². The van der Waals surface area contributed by atoms with Crippen LogP contribution in [0.4, 0.5) is 19.0 Å². The molecule has 4 fully saturated rings. The number of fused-ring (bicyclic) bond motifs is 5. The number of phenolic OH excluding ortho intramolecular Hbond substituents is 1. The Morgan fingerprint density at radius 1 is 1.07 bits per heavy atom. The van der Waals surface area contributed by atoms with Crippen LogP contribution >= 0.6 is 23.2 Å². The van der Waals surface area contributed by atoms with E-state index in [0.29, 0.717) is 58.6 Å². The molecule has 4 aliphatic rings. The van der Waals surface area contributed by atoms with Crippen LogP contribution in [0.25, 0.3) is 32.8 Å². The van der Waals surface area contributed by atoms with E-state index in [1.807, 2.05) is 0 Å². The van der Waals surface area contributed by atoms with E-state index in [-0.39, 0.29) is 59.5 Å². The van der Waals surface area contributed by atoms with E-state index in [0.717, 1.165) is 19.3 Å². The molecule has 2 N–H and O–H groups in total. The summed E-state index contributed by atoms with van der Waals surface area (Å²) in [6.07, 6.45) is 3.17. The van der Waals surface area contributed by atoms with Gasteiger partial charge in [0.25, 0.3) is 5.92 Å². The molecule has 4 aromatic rings. The van der Waals surface area contributed by atoms with Crippen molar-refractivity contribution in [1.29, 1.82) is 0 Å². The molecule has 0 aliphatic carbocycles. The molecule has 44 heavy (non-hydrogen) atoms. The van der Waals surface area contributed by atoms with Gasteiger partial charge >= 0.3 is 6.01 Å². The highest BCUT2D eigenvalue weighted by Gasteiger charge is 2.57. The number of alkyl halides is 2. The molecular weight excluding hydrogens is 614 g/mol. The number of hydrogen-bond donors (Lipinski definition) is 2. The van der Waals surface area contributed by atoms with E-state index < -0.39 is 17.3 Å². The number of anilines is 1. The molecule has 7 nitrogen and oxygen atoms in total. The van der Waals surface area contributed by atoms with Gasteiger partial charge in [0.05, 0.1) is 17.1 Å². The Bertz CT molecular complexity index is 1810. The zero-order valence-corrected chi connectivity index (χ0v) is 25.2. The first-order valence-corrected chi connectivity index (χ1v) is 15.7. The lowest BCUT2D eigenvalue weighted by molar-refractivity contribution is 0.00804. The lowest BCUT2D eigenvalue weighted by Gasteiger charge is -2.34. The van der Waals surface area contributed by atoms with Gasteiger partial charge in [-0.05, 0) is 67.4 Å². The van der Waals surface area contributed by atoms with Crippen LogP contribution in [0, 0.1) is 5.82 Å². The van der Waals surface area contributed by atoms with E-state index in [9.17, 15) is 13.9 Å². The van der Waals surface area contributed by atoms with Crippen molar-refractivity contribution >= 4 is 50.7 Å². The lowest BCUT2D eigenvalue weighted by atomic mass is 9.94. The summed E-state index contributed by atoms with van der Waals surface area (Å²) in [5.41, 5.74) is -0.445. The SMILES string of the molecule is Oc1cc(-c2c(Cl)cc3c(N4CC5CCC(C4)N5)nc(OCC45CCCN4CC(F)(F)C5)nc3c2F)c2c(Cl)cccc2c1. The van der Waals surface area contributed by atoms with Crippen molar-refractivity contribution in [3.8, 4) is 22.9 Å². The van der Waals surface area contributed by atoms with Gasteiger partial charge in [-0.1, -0.05) is 35.3 Å². The lowest BCUT2D eigenvalue weighted by Crippen LogP contribution is -2.51. The van der Waals surface area contributed by atoms with Crippen LogP contribution in [0.2, 0.25) is 10.0 Å². The van der Waals surface area contributed by atoms with Crippen LogP contribution < -0.4 is 15.0 Å². The van der Waals surface area contributed by atoms with Crippen molar-refractivity contribution < 1.29 is 23.0 Å². The number of benzene rings is 3. The van der Waals surface area contributed by atoms with Crippen LogP contribution in [-0.4, -0.2) is 76.3 Å². The Balaban J connectivity index is 1.28. The Kier molecular flexibility index (Phi) is 6.61. The zero-order chi connectivity index (χ0) is 30.4. The monoisotopic (exact) mass is 643 g/mol. The van der Waals surface area contributed by atoms with Gasteiger partial charge in [0, 0.05) is 53.0 Å². The van der Waals surface area contributed by atoms with E-state index in [2.05, 4.69) is 15.2 Å². The number of aromatic hydroxyl groups is 1. The topological polar surface area (TPSA) is 73.8 Å². The molecule has 0 saturated carbocycles. The number of nitrogens with one attached hydrogen (secondary N) is 1. The summed E-state index contributed by atoms with van der Waals surface area (Å²) in [7, 11) is 0. The summed E-state index contributed by atoms with van der Waals surface area (Å²) < 4.78 is 51.9. The zero-order valence-electron chi connectivity index (χ0n) is 23.7. The van der Waals surface area contributed by atoms with Crippen molar-refractivity contribution in [3.05, 3.63) is 52.3 Å². The Morgan fingerprint density at radius 3 is 2.66 bits per heavy atom. The van der Waals surface area contributed by atoms with Crippen molar-refractivity contribution in [2.24, 2.45) is 0 Å². The molecule has 2 bridgehead atoms. The summed E-state index contributed by atoms with van der Waals surface area (Å²) >= 11 is 13.4. The van der Waals surface area contributed by atoms with Gasteiger partial charge in [-0.2, -0.15) is 9.97 Å². The van der Waals surface area contributed by atoms with Crippen LogP contribution in [0.3, 0.4) is 0 Å². The highest BCUT2D eigenvalue weighted by Crippen LogP contribution is 2.47. The smallest absolute Gasteiger partial charge is 0.319 e. The molecule has 4 saturated heterocycles. The third-order valence-electron chi connectivity index (χ3n) is 9.76. The van der Waals surface area contributed by atoms with Crippen molar-refractivity contribution in [2.75, 3.05) is 37.7 Å². The van der Waals surface area contributed by atoms with Gasteiger partial charge < -0.3 is 20.1 Å². The molecule has 0 radical (unpaired) electrons. The van der Waals surface area contributed by atoms with Crippen LogP contribution in [0.15, 0.2) is 36.4 Å². The largest absolute Gasteiger partial charge is 0.508 e. The third-order valence-corrected chi connectivity index (χ3v) is 10.4. The minimum atomic E-state index is -2.79. The fourth-order valence-corrected chi connectivity index (χ4v) is 8.49. The summed E-state index contributed by atoms with van der Waals surface area (Å²) in [5, 5.41) is 16.2. The maximum Gasteiger partial charge on any atom is 0.319 e. The molecule has 0 spiro atoms. The Hall–Kier alpha value is -3.05. The van der Waals surface area contributed by atoms with Gasteiger partial charge in [0.15, 0.2) is 5.82 Å². The molecule has 3 atom stereocenters. The molecule has 8 rings (SSSR count). The summed E-state index contributed by atoms with van der Waals surface area (Å²) in [6, 6.07) is 10.3. The molecule has 4 aliphatic heterocycles. The highest BCUT2D eigenvalue weighted by molar-refractivity contribution is 6.38. The highest BCUT2D eigenvalue weighted by atomic mass is 35.5.